The Morgan fingerprint density at radius 1 is 0.237 bits per heavy atom. The fourth-order valence-corrected chi connectivity index (χ4v) is 11.2. The molecule has 0 aliphatic carbocycles. The van der Waals surface area contributed by atoms with Crippen LogP contribution in [0.1, 0.15) is 412 Å². The zero-order valence-electron chi connectivity index (χ0n) is 54.4. The van der Waals surface area contributed by atoms with E-state index in [-0.39, 0.29) is 31.1 Å². The van der Waals surface area contributed by atoms with Crippen molar-refractivity contribution in [2.24, 2.45) is 0 Å². The molecule has 80 heavy (non-hydrogen) atoms. The average molecular weight is 1130 g/mol. The number of carbonyl (C=O) groups is 3. The molecule has 0 spiro atoms. The molecule has 6 heteroatoms. The first-order valence-electron chi connectivity index (χ1n) is 36.3. The van der Waals surface area contributed by atoms with Crippen LogP contribution in [0, 0.1) is 0 Å². The summed E-state index contributed by atoms with van der Waals surface area (Å²) in [4.78, 5) is 38.4. The highest BCUT2D eigenvalue weighted by atomic mass is 16.6. The van der Waals surface area contributed by atoms with Gasteiger partial charge in [0, 0.05) is 19.3 Å². The van der Waals surface area contributed by atoms with Crippen molar-refractivity contribution in [3.63, 3.8) is 0 Å². The molecule has 1 atom stereocenters. The molecule has 0 saturated heterocycles. The van der Waals surface area contributed by atoms with Crippen LogP contribution in [0.15, 0.2) is 24.3 Å². The molecule has 0 bridgehead atoms. The topological polar surface area (TPSA) is 78.9 Å². The van der Waals surface area contributed by atoms with Gasteiger partial charge in [0.2, 0.25) is 0 Å². The molecule has 0 N–H and O–H groups in total. The Bertz CT molecular complexity index is 1290. The molecule has 472 valence electrons. The van der Waals surface area contributed by atoms with Gasteiger partial charge in [0.1, 0.15) is 13.2 Å². The van der Waals surface area contributed by atoms with Gasteiger partial charge in [-0.05, 0) is 70.6 Å². The van der Waals surface area contributed by atoms with Gasteiger partial charge in [-0.3, -0.25) is 14.4 Å². The van der Waals surface area contributed by atoms with Gasteiger partial charge in [-0.25, -0.2) is 0 Å². The van der Waals surface area contributed by atoms with Crippen molar-refractivity contribution >= 4 is 17.9 Å². The van der Waals surface area contributed by atoms with Crippen LogP contribution >= 0.6 is 0 Å². The van der Waals surface area contributed by atoms with Crippen molar-refractivity contribution in [1.82, 2.24) is 0 Å². The minimum atomic E-state index is -0.774. The summed E-state index contributed by atoms with van der Waals surface area (Å²) >= 11 is 0. The quantitative estimate of drug-likeness (QED) is 0.0261. The number of hydrogen-bond acceptors (Lipinski definition) is 6. The van der Waals surface area contributed by atoms with Crippen molar-refractivity contribution < 1.29 is 28.6 Å². The summed E-state index contributed by atoms with van der Waals surface area (Å²) in [7, 11) is 0. The van der Waals surface area contributed by atoms with Crippen LogP contribution in [0.5, 0.6) is 0 Å². The van der Waals surface area contributed by atoms with Crippen LogP contribution in [-0.4, -0.2) is 37.2 Å². The summed E-state index contributed by atoms with van der Waals surface area (Å²) in [5, 5.41) is 0. The standard InChI is InChI=1S/C74H140O6/c1-4-7-10-13-16-19-22-25-28-30-32-34-35-36-37-38-39-41-42-44-46-49-52-55-58-61-64-67-73(76)79-70-71(69-78-72(75)66-63-60-57-54-51-48-27-24-21-18-15-12-9-6-3)80-74(77)68-65-62-59-56-53-50-47-45-43-40-33-31-29-26-23-20-17-14-11-8-5-2/h24,27,31,33,71H,4-23,25-26,28-30,32,34-70H2,1-3H3/b27-24-,33-31-. The first-order chi connectivity index (χ1) is 39.5. The van der Waals surface area contributed by atoms with Crippen molar-refractivity contribution in [1.29, 1.82) is 0 Å². The number of carbonyl (C=O) groups excluding carboxylic acids is 3. The van der Waals surface area contributed by atoms with E-state index in [1.807, 2.05) is 0 Å². The van der Waals surface area contributed by atoms with Gasteiger partial charge in [0.15, 0.2) is 6.10 Å². The summed E-state index contributed by atoms with van der Waals surface area (Å²) in [6.07, 6.45) is 85.0. The minimum absolute atomic E-state index is 0.0692. The zero-order valence-corrected chi connectivity index (χ0v) is 54.4. The molecule has 0 radical (unpaired) electrons. The second-order valence-corrected chi connectivity index (χ2v) is 24.9. The van der Waals surface area contributed by atoms with Crippen LogP contribution in [0.4, 0.5) is 0 Å². The summed E-state index contributed by atoms with van der Waals surface area (Å²) in [5.41, 5.74) is 0. The van der Waals surface area contributed by atoms with E-state index < -0.39 is 6.10 Å². The first-order valence-corrected chi connectivity index (χ1v) is 36.3. The smallest absolute Gasteiger partial charge is 0.306 e. The van der Waals surface area contributed by atoms with E-state index in [1.165, 1.54) is 308 Å². The van der Waals surface area contributed by atoms with E-state index in [0.717, 1.165) is 64.2 Å². The highest BCUT2D eigenvalue weighted by Gasteiger charge is 2.19. The predicted octanol–water partition coefficient (Wildman–Crippen LogP) is 25.0. The summed E-state index contributed by atoms with van der Waals surface area (Å²) in [6.45, 7) is 6.71. The molecular weight excluding hydrogens is 985 g/mol. The van der Waals surface area contributed by atoms with Gasteiger partial charge in [0.25, 0.3) is 0 Å². The molecule has 1 unspecified atom stereocenters. The van der Waals surface area contributed by atoms with E-state index in [0.29, 0.717) is 19.3 Å². The number of hydrogen-bond donors (Lipinski definition) is 0. The maximum Gasteiger partial charge on any atom is 0.306 e. The number of allylic oxidation sites excluding steroid dienone is 4. The molecule has 0 aliphatic rings. The normalized spacial score (nSPS) is 12.1. The lowest BCUT2D eigenvalue weighted by Gasteiger charge is -2.18. The van der Waals surface area contributed by atoms with Gasteiger partial charge in [-0.1, -0.05) is 347 Å². The molecule has 0 amide bonds. The fourth-order valence-electron chi connectivity index (χ4n) is 11.2. The zero-order chi connectivity index (χ0) is 57.8. The first kappa shape index (κ1) is 77.9. The molecule has 0 aliphatic heterocycles. The van der Waals surface area contributed by atoms with E-state index in [1.54, 1.807) is 0 Å². The molecule has 0 aromatic carbocycles. The number of esters is 3. The molecule has 0 saturated carbocycles. The molecule has 0 fully saturated rings. The minimum Gasteiger partial charge on any atom is -0.462 e. The Morgan fingerprint density at radius 3 is 0.625 bits per heavy atom. The van der Waals surface area contributed by atoms with Gasteiger partial charge in [-0.15, -0.1) is 0 Å². The Morgan fingerprint density at radius 2 is 0.412 bits per heavy atom. The Kier molecular flexibility index (Phi) is 67.6. The maximum absolute atomic E-state index is 13.0. The summed E-state index contributed by atoms with van der Waals surface area (Å²) < 4.78 is 17.0. The lowest BCUT2D eigenvalue weighted by atomic mass is 10.0. The van der Waals surface area contributed by atoms with Crippen molar-refractivity contribution in [3.8, 4) is 0 Å². The van der Waals surface area contributed by atoms with Crippen LogP contribution in [0.3, 0.4) is 0 Å². The lowest BCUT2D eigenvalue weighted by Crippen LogP contribution is -2.30. The number of ether oxygens (including phenoxy) is 3. The van der Waals surface area contributed by atoms with Crippen LogP contribution < -0.4 is 0 Å². The van der Waals surface area contributed by atoms with Gasteiger partial charge in [-0.2, -0.15) is 0 Å². The van der Waals surface area contributed by atoms with Crippen molar-refractivity contribution in [2.75, 3.05) is 13.2 Å². The van der Waals surface area contributed by atoms with E-state index in [9.17, 15) is 14.4 Å². The average Bonchev–Trinajstić information content (AvgIpc) is 3.46. The largest absolute Gasteiger partial charge is 0.462 e. The van der Waals surface area contributed by atoms with E-state index in [2.05, 4.69) is 45.1 Å². The van der Waals surface area contributed by atoms with Gasteiger partial charge < -0.3 is 14.2 Å². The molecule has 0 aromatic heterocycles. The van der Waals surface area contributed by atoms with E-state index in [4.69, 9.17) is 14.2 Å². The van der Waals surface area contributed by atoms with Crippen molar-refractivity contribution in [2.45, 2.75) is 419 Å². The molecule has 6 nitrogen and oxygen atoms in total. The molecular formula is C74H140O6. The lowest BCUT2D eigenvalue weighted by molar-refractivity contribution is -0.167. The Balaban J connectivity index is 4.21. The summed E-state index contributed by atoms with van der Waals surface area (Å²) in [6, 6.07) is 0. The fraction of sp³-hybridized carbons (Fsp3) is 0.905. The third-order valence-electron chi connectivity index (χ3n) is 16.7. The molecule has 0 heterocycles. The highest BCUT2D eigenvalue weighted by molar-refractivity contribution is 5.71. The van der Waals surface area contributed by atoms with Gasteiger partial charge >= 0.3 is 17.9 Å². The third-order valence-corrected chi connectivity index (χ3v) is 16.7. The Labute approximate surface area is 500 Å². The second-order valence-electron chi connectivity index (χ2n) is 24.9. The van der Waals surface area contributed by atoms with Crippen LogP contribution in [0.25, 0.3) is 0 Å². The summed E-state index contributed by atoms with van der Waals surface area (Å²) in [5.74, 6) is -0.849. The van der Waals surface area contributed by atoms with Gasteiger partial charge in [0.05, 0.1) is 0 Å². The highest BCUT2D eigenvalue weighted by Crippen LogP contribution is 2.19. The predicted molar refractivity (Wildman–Crippen MR) is 349 cm³/mol. The SMILES string of the molecule is CCCCCCC/C=C\CCCCCCCC(=O)OCC(COC(=O)CCCCCCCCCCCCCCCCCCCCCCCCCCCCC)OC(=O)CCCCCCCCCCC/C=C\CCCCCCCCCC. The third kappa shape index (κ3) is 66.7. The number of unbranched alkanes of at least 4 members (excludes halogenated alkanes) is 53. The maximum atomic E-state index is 13.0. The molecule has 0 rings (SSSR count). The van der Waals surface area contributed by atoms with E-state index >= 15 is 0 Å². The Hall–Kier alpha value is -2.11. The van der Waals surface area contributed by atoms with Crippen LogP contribution in [-0.2, 0) is 28.6 Å². The van der Waals surface area contributed by atoms with Crippen molar-refractivity contribution in [3.05, 3.63) is 24.3 Å². The second kappa shape index (κ2) is 69.4. The van der Waals surface area contributed by atoms with Crippen LogP contribution in [0.2, 0.25) is 0 Å². The number of rotatable bonds is 68. The molecule has 0 aromatic rings. The monoisotopic (exact) mass is 1130 g/mol.